The number of ether oxygens (including phenoxy) is 2. The molecule has 2 rings (SSSR count). The molecule has 108 valence electrons. The third-order valence-electron chi connectivity index (χ3n) is 3.08. The second kappa shape index (κ2) is 6.17. The number of hydrogen-bond donors (Lipinski definition) is 4. The van der Waals surface area contributed by atoms with Gasteiger partial charge in [-0.3, -0.25) is 0 Å². The highest BCUT2D eigenvalue weighted by Gasteiger charge is 2.44. The Bertz CT molecular complexity index is 483. The van der Waals surface area contributed by atoms with Crippen molar-refractivity contribution in [3.63, 3.8) is 0 Å². The monoisotopic (exact) mass is 281 g/mol. The molecule has 4 N–H and O–H groups in total. The fourth-order valence-corrected chi connectivity index (χ4v) is 1.91. The number of rotatable bonds is 3. The Morgan fingerprint density at radius 3 is 2.30 bits per heavy atom. The summed E-state index contributed by atoms with van der Waals surface area (Å²) in [6, 6.07) is 8.04. The zero-order valence-electron chi connectivity index (χ0n) is 10.5. The standard InChI is InChI=1S/C13H15NO6/c14-5-7-1-3-8(4-2-7)19-13-12(18)11(17)10(16)9(6-15)20-13/h1-4,9-13,15-18H,6H2. The number of nitriles is 1. The third-order valence-corrected chi connectivity index (χ3v) is 3.08. The van der Waals surface area contributed by atoms with E-state index in [1.165, 1.54) is 24.3 Å². The van der Waals surface area contributed by atoms with Crippen LogP contribution in [0.15, 0.2) is 24.3 Å². The van der Waals surface area contributed by atoms with Crippen molar-refractivity contribution in [2.24, 2.45) is 0 Å². The minimum Gasteiger partial charge on any atom is -0.462 e. The Balaban J connectivity index is 2.09. The maximum absolute atomic E-state index is 9.79. The lowest BCUT2D eigenvalue weighted by atomic mass is 9.99. The van der Waals surface area contributed by atoms with Gasteiger partial charge in [0.2, 0.25) is 6.29 Å². The molecule has 0 radical (unpaired) electrons. The van der Waals surface area contributed by atoms with Crippen molar-refractivity contribution in [1.82, 2.24) is 0 Å². The molecular weight excluding hydrogens is 266 g/mol. The van der Waals surface area contributed by atoms with Crippen LogP contribution in [0.2, 0.25) is 0 Å². The van der Waals surface area contributed by atoms with Crippen LogP contribution in [-0.4, -0.2) is 57.7 Å². The van der Waals surface area contributed by atoms with Crippen LogP contribution in [-0.2, 0) is 4.74 Å². The van der Waals surface area contributed by atoms with E-state index in [-0.39, 0.29) is 0 Å². The summed E-state index contributed by atoms with van der Waals surface area (Å²) in [6.45, 7) is -0.516. The van der Waals surface area contributed by atoms with Crippen molar-refractivity contribution in [2.75, 3.05) is 6.61 Å². The van der Waals surface area contributed by atoms with E-state index in [2.05, 4.69) is 0 Å². The van der Waals surface area contributed by atoms with Crippen molar-refractivity contribution in [2.45, 2.75) is 30.7 Å². The van der Waals surface area contributed by atoms with Gasteiger partial charge in [0, 0.05) is 0 Å². The van der Waals surface area contributed by atoms with Crippen molar-refractivity contribution in [3.8, 4) is 11.8 Å². The normalized spacial score (nSPS) is 33.5. The van der Waals surface area contributed by atoms with E-state index in [1.54, 1.807) is 0 Å². The summed E-state index contributed by atoms with van der Waals surface area (Å²) < 4.78 is 10.5. The van der Waals surface area contributed by atoms with Crippen LogP contribution in [0.4, 0.5) is 0 Å². The fourth-order valence-electron chi connectivity index (χ4n) is 1.91. The van der Waals surface area contributed by atoms with E-state index >= 15 is 0 Å². The molecule has 1 fully saturated rings. The first-order valence-corrected chi connectivity index (χ1v) is 6.04. The highest BCUT2D eigenvalue weighted by atomic mass is 16.7. The number of aliphatic hydroxyl groups is 4. The van der Waals surface area contributed by atoms with Crippen LogP contribution in [0.3, 0.4) is 0 Å². The minimum absolute atomic E-state index is 0.327. The van der Waals surface area contributed by atoms with Crippen molar-refractivity contribution in [3.05, 3.63) is 29.8 Å². The predicted octanol–water partition coefficient (Wildman–Crippen LogP) is -1.26. The summed E-state index contributed by atoms with van der Waals surface area (Å²) in [4.78, 5) is 0. The van der Waals surface area contributed by atoms with Crippen molar-refractivity contribution in [1.29, 1.82) is 5.26 Å². The molecule has 0 aliphatic carbocycles. The van der Waals surface area contributed by atoms with Crippen LogP contribution < -0.4 is 4.74 Å². The molecule has 0 saturated carbocycles. The average Bonchev–Trinajstić information content (AvgIpc) is 2.48. The van der Waals surface area contributed by atoms with E-state index in [0.29, 0.717) is 11.3 Å². The molecule has 5 atom stereocenters. The average molecular weight is 281 g/mol. The maximum Gasteiger partial charge on any atom is 0.229 e. The van der Waals surface area contributed by atoms with Gasteiger partial charge in [-0.1, -0.05) is 0 Å². The summed E-state index contributed by atoms with van der Waals surface area (Å²) in [6.07, 6.45) is -6.60. The maximum atomic E-state index is 9.79. The Kier molecular flexibility index (Phi) is 4.54. The van der Waals surface area contributed by atoms with Gasteiger partial charge >= 0.3 is 0 Å². The van der Waals surface area contributed by atoms with Crippen LogP contribution >= 0.6 is 0 Å². The van der Waals surface area contributed by atoms with Gasteiger partial charge in [-0.2, -0.15) is 5.26 Å². The first-order valence-electron chi connectivity index (χ1n) is 6.04. The molecule has 1 saturated heterocycles. The van der Waals surface area contributed by atoms with E-state index in [4.69, 9.17) is 19.8 Å². The molecule has 0 bridgehead atoms. The molecule has 5 unspecified atom stereocenters. The molecule has 7 nitrogen and oxygen atoms in total. The van der Waals surface area contributed by atoms with E-state index in [9.17, 15) is 15.3 Å². The van der Waals surface area contributed by atoms with Gasteiger partial charge in [-0.15, -0.1) is 0 Å². The molecule has 0 amide bonds. The van der Waals surface area contributed by atoms with Gasteiger partial charge in [0.1, 0.15) is 30.2 Å². The summed E-state index contributed by atoms with van der Waals surface area (Å²) in [5, 5.41) is 46.8. The van der Waals surface area contributed by atoms with Crippen molar-refractivity contribution < 1.29 is 29.9 Å². The van der Waals surface area contributed by atoms with Crippen LogP contribution in [0, 0.1) is 11.3 Å². The number of nitrogens with zero attached hydrogens (tertiary/aromatic N) is 1. The quantitative estimate of drug-likeness (QED) is 0.545. The van der Waals surface area contributed by atoms with Gasteiger partial charge < -0.3 is 29.9 Å². The number of benzene rings is 1. The molecule has 1 aliphatic heterocycles. The number of aliphatic hydroxyl groups excluding tert-OH is 4. The summed E-state index contributed by atoms with van der Waals surface area (Å²) in [7, 11) is 0. The zero-order valence-corrected chi connectivity index (χ0v) is 10.5. The second-order valence-electron chi connectivity index (χ2n) is 4.45. The smallest absolute Gasteiger partial charge is 0.229 e. The lowest BCUT2D eigenvalue weighted by Gasteiger charge is -2.39. The topological polar surface area (TPSA) is 123 Å². The van der Waals surface area contributed by atoms with Crippen LogP contribution in [0.1, 0.15) is 5.56 Å². The molecular formula is C13H15NO6. The van der Waals surface area contributed by atoms with E-state index < -0.39 is 37.3 Å². The Labute approximate surface area is 115 Å². The predicted molar refractivity (Wildman–Crippen MR) is 65.6 cm³/mol. The van der Waals surface area contributed by atoms with Gasteiger partial charge in [0.15, 0.2) is 0 Å². The van der Waals surface area contributed by atoms with Crippen LogP contribution in [0.5, 0.6) is 5.75 Å². The number of hydrogen-bond acceptors (Lipinski definition) is 7. The molecule has 1 aromatic carbocycles. The van der Waals surface area contributed by atoms with E-state index in [0.717, 1.165) is 0 Å². The Hall–Kier alpha value is -1.69. The lowest BCUT2D eigenvalue weighted by molar-refractivity contribution is -0.277. The Morgan fingerprint density at radius 2 is 1.75 bits per heavy atom. The van der Waals surface area contributed by atoms with Gasteiger partial charge in [0.05, 0.1) is 18.2 Å². The second-order valence-corrected chi connectivity index (χ2v) is 4.45. The molecule has 20 heavy (non-hydrogen) atoms. The highest BCUT2D eigenvalue weighted by Crippen LogP contribution is 2.24. The first kappa shape index (κ1) is 14.7. The highest BCUT2D eigenvalue weighted by molar-refractivity contribution is 5.34. The Morgan fingerprint density at radius 1 is 1.10 bits per heavy atom. The summed E-state index contributed by atoms with van der Waals surface area (Å²) in [5.74, 6) is 0.327. The molecule has 0 aromatic heterocycles. The van der Waals surface area contributed by atoms with Gasteiger partial charge in [-0.05, 0) is 24.3 Å². The zero-order chi connectivity index (χ0) is 14.7. The van der Waals surface area contributed by atoms with E-state index in [1.807, 2.05) is 6.07 Å². The molecule has 7 heteroatoms. The first-order chi connectivity index (χ1) is 9.56. The third kappa shape index (κ3) is 2.90. The molecule has 0 spiro atoms. The molecule has 1 aromatic rings. The van der Waals surface area contributed by atoms with Crippen molar-refractivity contribution >= 4 is 0 Å². The lowest BCUT2D eigenvalue weighted by Crippen LogP contribution is -2.60. The van der Waals surface area contributed by atoms with Crippen LogP contribution in [0.25, 0.3) is 0 Å². The summed E-state index contributed by atoms with van der Waals surface area (Å²) in [5.41, 5.74) is 0.450. The fraction of sp³-hybridized carbons (Fsp3) is 0.462. The molecule has 1 aliphatic rings. The molecule has 1 heterocycles. The minimum atomic E-state index is -1.48. The largest absolute Gasteiger partial charge is 0.462 e. The van der Waals surface area contributed by atoms with Gasteiger partial charge in [-0.25, -0.2) is 0 Å². The summed E-state index contributed by atoms with van der Waals surface area (Å²) >= 11 is 0. The van der Waals surface area contributed by atoms with Gasteiger partial charge in [0.25, 0.3) is 0 Å². The SMILES string of the molecule is N#Cc1ccc(OC2OC(CO)C(O)C(O)C2O)cc1.